The number of carbonyl (C=O) groups excluding carboxylic acids is 1. The van der Waals surface area contributed by atoms with Gasteiger partial charge in [0.1, 0.15) is 0 Å². The lowest BCUT2D eigenvalue weighted by Crippen LogP contribution is -2.47. The van der Waals surface area contributed by atoms with Crippen molar-refractivity contribution in [2.75, 3.05) is 33.2 Å². The van der Waals surface area contributed by atoms with Crippen LogP contribution >= 0.6 is 0 Å². The van der Waals surface area contributed by atoms with Crippen LogP contribution in [0.1, 0.15) is 24.0 Å². The summed E-state index contributed by atoms with van der Waals surface area (Å²) in [6.07, 6.45) is 1.80. The molecule has 0 bridgehead atoms. The minimum atomic E-state index is -0.796. The molecule has 24 heavy (non-hydrogen) atoms. The van der Waals surface area contributed by atoms with E-state index in [2.05, 4.69) is 10.2 Å². The number of benzene rings is 1. The number of carbonyl (C=O) groups is 2. The third-order valence-corrected chi connectivity index (χ3v) is 4.67. The molecule has 132 valence electrons. The normalized spacial score (nSPS) is 16.3. The molecular weight excluding hydrogens is 306 g/mol. The molecule has 1 heterocycles. The van der Waals surface area contributed by atoms with Crippen molar-refractivity contribution >= 4 is 11.9 Å². The lowest BCUT2D eigenvalue weighted by Gasteiger charge is -2.35. The van der Waals surface area contributed by atoms with Gasteiger partial charge in [-0.2, -0.15) is 0 Å². The Morgan fingerprint density at radius 2 is 1.96 bits per heavy atom. The summed E-state index contributed by atoms with van der Waals surface area (Å²) in [4.78, 5) is 26.9. The first kappa shape index (κ1) is 18.4. The average Bonchev–Trinajstić information content (AvgIpc) is 2.54. The van der Waals surface area contributed by atoms with Gasteiger partial charge in [-0.25, -0.2) is 0 Å². The van der Waals surface area contributed by atoms with E-state index in [0.717, 1.165) is 31.5 Å². The number of rotatable bonds is 7. The summed E-state index contributed by atoms with van der Waals surface area (Å²) in [6, 6.07) is 8.32. The maximum atomic E-state index is 12.1. The van der Waals surface area contributed by atoms with Crippen LogP contribution in [0.15, 0.2) is 24.3 Å². The van der Waals surface area contributed by atoms with E-state index in [4.69, 9.17) is 5.11 Å². The number of hydrogen-bond donors (Lipinski definition) is 2. The maximum absolute atomic E-state index is 12.1. The number of carboxylic acid groups (broad SMARTS) is 1. The Kier molecular flexibility index (Phi) is 6.75. The topological polar surface area (TPSA) is 72.9 Å². The monoisotopic (exact) mass is 333 g/mol. The molecule has 2 N–H and O–H groups in total. The summed E-state index contributed by atoms with van der Waals surface area (Å²) in [6.45, 7) is 4.73. The molecule has 2 rings (SSSR count). The van der Waals surface area contributed by atoms with Crippen LogP contribution in [-0.4, -0.2) is 66.1 Å². The first-order chi connectivity index (χ1) is 11.5. The molecule has 6 heteroatoms. The lowest BCUT2D eigenvalue weighted by atomic mass is 10.0. The maximum Gasteiger partial charge on any atom is 0.317 e. The van der Waals surface area contributed by atoms with Gasteiger partial charge >= 0.3 is 5.97 Å². The van der Waals surface area contributed by atoms with Gasteiger partial charge in [0.05, 0.1) is 13.1 Å². The first-order valence-corrected chi connectivity index (χ1v) is 8.41. The van der Waals surface area contributed by atoms with Gasteiger partial charge in [-0.1, -0.05) is 24.3 Å². The molecule has 1 aromatic rings. The van der Waals surface area contributed by atoms with E-state index in [1.54, 1.807) is 0 Å². The predicted octanol–water partition coefficient (Wildman–Crippen LogP) is 1.09. The standard InChI is InChI=1S/C18H27N3O3/c1-14-5-3-4-6-15(14)11-19-17(22)12-21-9-7-16(8-10-21)20(2)13-18(23)24/h3-6,16H,7-13H2,1-2H3,(H,19,22)(H,23,24). The number of aliphatic carboxylic acids is 1. The smallest absolute Gasteiger partial charge is 0.317 e. The number of nitrogens with zero attached hydrogens (tertiary/aromatic N) is 2. The summed E-state index contributed by atoms with van der Waals surface area (Å²) in [5, 5.41) is 11.8. The Morgan fingerprint density at radius 1 is 1.29 bits per heavy atom. The zero-order valence-electron chi connectivity index (χ0n) is 14.5. The molecule has 1 saturated heterocycles. The van der Waals surface area contributed by atoms with Crippen molar-refractivity contribution in [3.63, 3.8) is 0 Å². The fraction of sp³-hybridized carbons (Fsp3) is 0.556. The van der Waals surface area contributed by atoms with E-state index in [1.807, 2.05) is 43.1 Å². The molecular formula is C18H27N3O3. The van der Waals surface area contributed by atoms with Crippen LogP contribution in [0.4, 0.5) is 0 Å². The molecule has 0 atom stereocenters. The Morgan fingerprint density at radius 3 is 2.58 bits per heavy atom. The van der Waals surface area contributed by atoms with Gasteiger partial charge in [0.25, 0.3) is 0 Å². The number of aryl methyl sites for hydroxylation is 1. The van der Waals surface area contributed by atoms with Crippen LogP contribution in [0, 0.1) is 6.92 Å². The Hall–Kier alpha value is -1.92. The summed E-state index contributed by atoms with van der Waals surface area (Å²) >= 11 is 0. The van der Waals surface area contributed by atoms with Crippen LogP contribution in [0.3, 0.4) is 0 Å². The quantitative estimate of drug-likeness (QED) is 0.781. The highest BCUT2D eigenvalue weighted by atomic mass is 16.4. The third kappa shape index (κ3) is 5.62. The Labute approximate surface area is 143 Å². The van der Waals surface area contributed by atoms with E-state index >= 15 is 0 Å². The highest BCUT2D eigenvalue weighted by molar-refractivity contribution is 5.78. The van der Waals surface area contributed by atoms with Crippen molar-refractivity contribution in [2.45, 2.75) is 32.4 Å². The first-order valence-electron chi connectivity index (χ1n) is 8.41. The zero-order valence-corrected chi connectivity index (χ0v) is 14.5. The fourth-order valence-corrected chi connectivity index (χ4v) is 3.12. The van der Waals surface area contributed by atoms with Crippen molar-refractivity contribution in [3.8, 4) is 0 Å². The van der Waals surface area contributed by atoms with Gasteiger partial charge in [0.2, 0.25) is 5.91 Å². The fourth-order valence-electron chi connectivity index (χ4n) is 3.12. The molecule has 0 aliphatic carbocycles. The zero-order chi connectivity index (χ0) is 17.5. The molecule has 1 aliphatic heterocycles. The summed E-state index contributed by atoms with van der Waals surface area (Å²) in [5.41, 5.74) is 2.32. The van der Waals surface area contributed by atoms with E-state index < -0.39 is 5.97 Å². The highest BCUT2D eigenvalue weighted by Gasteiger charge is 2.24. The number of likely N-dealkylation sites (tertiary alicyclic amines) is 1. The van der Waals surface area contributed by atoms with Gasteiger partial charge in [0, 0.05) is 25.7 Å². The van der Waals surface area contributed by atoms with Gasteiger partial charge in [-0.3, -0.25) is 19.4 Å². The van der Waals surface area contributed by atoms with E-state index in [-0.39, 0.29) is 18.5 Å². The number of nitrogens with one attached hydrogen (secondary N) is 1. The van der Waals surface area contributed by atoms with E-state index in [0.29, 0.717) is 13.1 Å². The molecule has 0 unspecified atom stereocenters. The van der Waals surface area contributed by atoms with Crippen LogP contribution in [0.25, 0.3) is 0 Å². The lowest BCUT2D eigenvalue weighted by molar-refractivity contribution is -0.138. The summed E-state index contributed by atoms with van der Waals surface area (Å²) < 4.78 is 0. The second-order valence-corrected chi connectivity index (χ2v) is 6.52. The third-order valence-electron chi connectivity index (χ3n) is 4.67. The number of piperidine rings is 1. The van der Waals surface area contributed by atoms with Gasteiger partial charge < -0.3 is 10.4 Å². The molecule has 6 nitrogen and oxygen atoms in total. The molecule has 1 fully saturated rings. The summed E-state index contributed by atoms with van der Waals surface area (Å²) in [5.74, 6) is -0.758. The molecule has 1 amide bonds. The molecule has 1 aliphatic rings. The molecule has 0 radical (unpaired) electrons. The van der Waals surface area contributed by atoms with Gasteiger partial charge in [0.15, 0.2) is 0 Å². The number of amides is 1. The molecule has 0 aromatic heterocycles. The van der Waals surface area contributed by atoms with Crippen LogP contribution in [0.2, 0.25) is 0 Å². The van der Waals surface area contributed by atoms with Crippen molar-refractivity contribution in [1.82, 2.24) is 15.1 Å². The molecule has 0 spiro atoms. The number of hydrogen-bond acceptors (Lipinski definition) is 4. The largest absolute Gasteiger partial charge is 0.480 e. The van der Waals surface area contributed by atoms with E-state index in [9.17, 15) is 9.59 Å². The van der Waals surface area contributed by atoms with Gasteiger partial charge in [-0.05, 0) is 37.9 Å². The predicted molar refractivity (Wildman–Crippen MR) is 92.8 cm³/mol. The Bertz CT molecular complexity index is 568. The SMILES string of the molecule is Cc1ccccc1CNC(=O)CN1CCC(N(C)CC(=O)O)CC1. The molecule has 0 saturated carbocycles. The number of likely N-dealkylation sites (N-methyl/N-ethyl adjacent to an activating group) is 1. The minimum absolute atomic E-state index is 0.0376. The van der Waals surface area contributed by atoms with Gasteiger partial charge in [-0.15, -0.1) is 0 Å². The minimum Gasteiger partial charge on any atom is -0.480 e. The highest BCUT2D eigenvalue weighted by Crippen LogP contribution is 2.15. The Balaban J connectivity index is 1.70. The van der Waals surface area contributed by atoms with Crippen molar-refractivity contribution in [3.05, 3.63) is 35.4 Å². The van der Waals surface area contributed by atoms with Crippen LogP contribution < -0.4 is 5.32 Å². The summed E-state index contributed by atoms with van der Waals surface area (Å²) in [7, 11) is 1.85. The van der Waals surface area contributed by atoms with E-state index in [1.165, 1.54) is 5.56 Å². The van der Waals surface area contributed by atoms with Crippen LogP contribution in [-0.2, 0) is 16.1 Å². The van der Waals surface area contributed by atoms with Crippen molar-refractivity contribution in [1.29, 1.82) is 0 Å². The van der Waals surface area contributed by atoms with Crippen LogP contribution in [0.5, 0.6) is 0 Å². The van der Waals surface area contributed by atoms with Crippen molar-refractivity contribution < 1.29 is 14.7 Å². The number of carboxylic acids is 1. The van der Waals surface area contributed by atoms with Crippen molar-refractivity contribution in [2.24, 2.45) is 0 Å². The average molecular weight is 333 g/mol. The second-order valence-electron chi connectivity index (χ2n) is 6.52. The second kappa shape index (κ2) is 8.80. The molecule has 1 aromatic carbocycles.